The summed E-state index contributed by atoms with van der Waals surface area (Å²) in [5.41, 5.74) is 0.759. The van der Waals surface area contributed by atoms with Gasteiger partial charge in [-0.25, -0.2) is 9.78 Å². The number of ether oxygens (including phenoxy) is 1. The zero-order valence-corrected chi connectivity index (χ0v) is 16.8. The number of nitrogens with zero attached hydrogens (tertiary/aromatic N) is 3. The van der Waals surface area contributed by atoms with E-state index in [1.807, 2.05) is 48.9 Å². The highest BCUT2D eigenvalue weighted by molar-refractivity contribution is 5.86. The molecule has 0 radical (unpaired) electrons. The Kier molecular flexibility index (Phi) is 4.86. The van der Waals surface area contributed by atoms with Gasteiger partial charge in [-0.2, -0.15) is 0 Å². The van der Waals surface area contributed by atoms with Crippen LogP contribution in [0, 0.1) is 29.1 Å². The summed E-state index contributed by atoms with van der Waals surface area (Å²) in [4.78, 5) is 20.9. The Morgan fingerprint density at radius 2 is 2.21 bits per heavy atom. The maximum absolute atomic E-state index is 12.4. The number of cyclic esters (lactones) is 1. The van der Waals surface area contributed by atoms with Gasteiger partial charge in [-0.1, -0.05) is 13.0 Å². The summed E-state index contributed by atoms with van der Waals surface area (Å²) >= 11 is 0. The quantitative estimate of drug-likeness (QED) is 0.613. The largest absolute Gasteiger partial charge is 0.460 e. The van der Waals surface area contributed by atoms with E-state index in [1.165, 1.54) is 0 Å². The van der Waals surface area contributed by atoms with Gasteiger partial charge in [-0.15, -0.1) is 0 Å². The first-order chi connectivity index (χ1) is 13.8. The van der Waals surface area contributed by atoms with Gasteiger partial charge in [-0.3, -0.25) is 4.98 Å². The zero-order valence-electron chi connectivity index (χ0n) is 16.8. The molecule has 1 aliphatic carbocycles. The molecule has 2 aromatic heterocycles. The molecule has 4 rings (SSSR count). The van der Waals surface area contributed by atoms with Gasteiger partial charge in [0.25, 0.3) is 0 Å². The minimum atomic E-state index is -1.49. The second-order valence-electron chi connectivity index (χ2n) is 8.30. The molecule has 0 bridgehead atoms. The molecule has 2 aliphatic rings. The highest BCUT2D eigenvalue weighted by Crippen LogP contribution is 2.51. The van der Waals surface area contributed by atoms with Crippen LogP contribution in [0.1, 0.15) is 32.9 Å². The number of hydrogen-bond acceptors (Lipinski definition) is 6. The highest BCUT2D eigenvalue weighted by Gasteiger charge is 2.62. The average molecular weight is 394 g/mol. The molecule has 3 heterocycles. The number of hydrogen-bond donors (Lipinski definition) is 2. The lowest BCUT2D eigenvalue weighted by Crippen LogP contribution is -2.54. The number of aromatic nitrogens is 3. The number of nitrogens with one attached hydrogen (secondary N) is 1. The fraction of sp³-hybridized carbons (Fsp3) is 0.455. The van der Waals surface area contributed by atoms with Crippen molar-refractivity contribution in [3.05, 3.63) is 48.8 Å². The monoisotopic (exact) mass is 394 g/mol. The molecule has 152 valence electrons. The molecule has 2 aromatic rings. The molecule has 2 N–H and O–H groups in total. The summed E-state index contributed by atoms with van der Waals surface area (Å²) < 4.78 is 7.29. The molecule has 0 amide bonds. The smallest absolute Gasteiger partial charge is 0.338 e. The van der Waals surface area contributed by atoms with Gasteiger partial charge in [0.1, 0.15) is 6.10 Å². The Bertz CT molecular complexity index is 937. The Balaban J connectivity index is 1.64. The van der Waals surface area contributed by atoms with Crippen molar-refractivity contribution in [1.29, 1.82) is 5.41 Å². The van der Waals surface area contributed by atoms with Crippen LogP contribution in [0.15, 0.2) is 43.1 Å². The number of carbonyl (C=O) groups excluding carboxylic acids is 1. The summed E-state index contributed by atoms with van der Waals surface area (Å²) in [6.45, 7) is 5.62. The maximum atomic E-state index is 12.4. The van der Waals surface area contributed by atoms with E-state index in [0.717, 1.165) is 11.4 Å². The van der Waals surface area contributed by atoms with E-state index in [9.17, 15) is 9.90 Å². The first-order valence-electron chi connectivity index (χ1n) is 9.92. The van der Waals surface area contributed by atoms with E-state index in [1.54, 1.807) is 25.6 Å². The first kappa shape index (κ1) is 19.5. The molecule has 1 aliphatic heterocycles. The van der Waals surface area contributed by atoms with Crippen LogP contribution in [0.5, 0.6) is 0 Å². The van der Waals surface area contributed by atoms with Gasteiger partial charge in [0.05, 0.1) is 23.9 Å². The topological polar surface area (TPSA) is 101 Å². The summed E-state index contributed by atoms with van der Waals surface area (Å²) in [6, 6.07) is 3.87. The van der Waals surface area contributed by atoms with Crippen molar-refractivity contribution in [2.45, 2.75) is 38.9 Å². The fourth-order valence-electron chi connectivity index (χ4n) is 5.17. The predicted molar refractivity (Wildman–Crippen MR) is 109 cm³/mol. The van der Waals surface area contributed by atoms with Crippen LogP contribution < -0.4 is 0 Å². The van der Waals surface area contributed by atoms with E-state index in [-0.39, 0.29) is 23.7 Å². The molecule has 0 aromatic carbocycles. The molecule has 2 fully saturated rings. The minimum Gasteiger partial charge on any atom is -0.460 e. The third-order valence-corrected chi connectivity index (χ3v) is 6.34. The summed E-state index contributed by atoms with van der Waals surface area (Å²) in [5.74, 6) is -1.16. The van der Waals surface area contributed by atoms with Crippen LogP contribution in [0.3, 0.4) is 0 Å². The standard InChI is InChI=1S/C22H26N4O3/c1-13-10-22(28)20(15(3)29-21(22)27)18(19(13)14(2)23)7-5-16-4-6-17(11-25-16)26-9-8-24-12-26/h4-9,11-13,15,18-20,23,28H,10H2,1-3H3/b7-5+,23-14?/t13-,15+,18-,19?,20-,22-/m0/s1. The summed E-state index contributed by atoms with van der Waals surface area (Å²) in [5, 5.41) is 19.4. The van der Waals surface area contributed by atoms with E-state index in [2.05, 4.69) is 9.97 Å². The molecule has 7 heteroatoms. The van der Waals surface area contributed by atoms with Gasteiger partial charge in [0.2, 0.25) is 0 Å². The van der Waals surface area contributed by atoms with Gasteiger partial charge in [0, 0.05) is 29.9 Å². The lowest BCUT2D eigenvalue weighted by atomic mass is 9.58. The number of pyridine rings is 1. The summed E-state index contributed by atoms with van der Waals surface area (Å²) in [6.07, 6.45) is 10.9. The number of esters is 1. The number of rotatable bonds is 4. The number of imidazole rings is 1. The Morgan fingerprint density at radius 1 is 1.41 bits per heavy atom. The van der Waals surface area contributed by atoms with Crippen LogP contribution in [-0.2, 0) is 9.53 Å². The van der Waals surface area contributed by atoms with Crippen molar-refractivity contribution in [3.63, 3.8) is 0 Å². The van der Waals surface area contributed by atoms with E-state index >= 15 is 0 Å². The van der Waals surface area contributed by atoms with Gasteiger partial charge < -0.3 is 19.8 Å². The minimum absolute atomic E-state index is 0.00201. The predicted octanol–water partition coefficient (Wildman–Crippen LogP) is 2.88. The SMILES string of the molecule is CC(=N)C1[C@@H](C)C[C@@]2(O)C(=O)O[C@H](C)[C@H]2[C@H]1/C=C/c1ccc(-n2ccnc2)cn1. The molecule has 7 nitrogen and oxygen atoms in total. The average Bonchev–Trinajstić information content (AvgIpc) is 3.27. The third-order valence-electron chi connectivity index (χ3n) is 6.34. The van der Waals surface area contributed by atoms with Gasteiger partial charge in [-0.05, 0) is 50.3 Å². The molecule has 29 heavy (non-hydrogen) atoms. The van der Waals surface area contributed by atoms with Crippen molar-refractivity contribution >= 4 is 17.8 Å². The number of carbonyl (C=O) groups is 1. The molecular weight excluding hydrogens is 368 g/mol. The van der Waals surface area contributed by atoms with Crippen molar-refractivity contribution < 1.29 is 14.6 Å². The Labute approximate surface area is 170 Å². The second kappa shape index (κ2) is 7.22. The van der Waals surface area contributed by atoms with Crippen LogP contribution in [-0.4, -0.2) is 43.0 Å². The number of aliphatic hydroxyl groups is 1. The van der Waals surface area contributed by atoms with Crippen LogP contribution in [0.25, 0.3) is 11.8 Å². The highest BCUT2D eigenvalue weighted by atomic mass is 16.6. The maximum Gasteiger partial charge on any atom is 0.338 e. The normalized spacial score (nSPS) is 34.2. The third kappa shape index (κ3) is 3.29. The zero-order chi connectivity index (χ0) is 20.8. The lowest BCUT2D eigenvalue weighted by molar-refractivity contribution is -0.159. The Morgan fingerprint density at radius 3 is 2.83 bits per heavy atom. The van der Waals surface area contributed by atoms with E-state index in [0.29, 0.717) is 12.1 Å². The molecule has 1 saturated heterocycles. The molecule has 1 saturated carbocycles. The van der Waals surface area contributed by atoms with E-state index < -0.39 is 17.7 Å². The first-order valence-corrected chi connectivity index (χ1v) is 9.92. The molecule has 0 spiro atoms. The lowest BCUT2D eigenvalue weighted by Gasteiger charge is -2.45. The molecule has 1 unspecified atom stereocenters. The van der Waals surface area contributed by atoms with Gasteiger partial charge >= 0.3 is 5.97 Å². The Hall–Kier alpha value is -2.80. The van der Waals surface area contributed by atoms with Gasteiger partial charge in [0.15, 0.2) is 5.60 Å². The van der Waals surface area contributed by atoms with Crippen LogP contribution >= 0.6 is 0 Å². The number of fused-ring (bicyclic) bond motifs is 1. The summed E-state index contributed by atoms with van der Waals surface area (Å²) in [7, 11) is 0. The van der Waals surface area contributed by atoms with Crippen molar-refractivity contribution in [1.82, 2.24) is 14.5 Å². The van der Waals surface area contributed by atoms with Crippen LogP contribution in [0.4, 0.5) is 0 Å². The van der Waals surface area contributed by atoms with E-state index in [4.69, 9.17) is 10.1 Å². The van der Waals surface area contributed by atoms with Crippen molar-refractivity contribution in [3.8, 4) is 5.69 Å². The second-order valence-corrected chi connectivity index (χ2v) is 8.30. The van der Waals surface area contributed by atoms with Crippen LogP contribution in [0.2, 0.25) is 0 Å². The van der Waals surface area contributed by atoms with Crippen molar-refractivity contribution in [2.24, 2.45) is 23.7 Å². The fourth-order valence-corrected chi connectivity index (χ4v) is 5.17. The molecule has 6 atom stereocenters. The van der Waals surface area contributed by atoms with Crippen molar-refractivity contribution in [2.75, 3.05) is 0 Å². The number of allylic oxidation sites excluding steroid dienone is 1. The molecular formula is C22H26N4O3.